The van der Waals surface area contributed by atoms with Crippen LogP contribution < -0.4 is 4.74 Å². The average Bonchev–Trinajstić information content (AvgIpc) is 2.38. The van der Waals surface area contributed by atoms with Gasteiger partial charge in [-0.1, -0.05) is 6.07 Å². The summed E-state index contributed by atoms with van der Waals surface area (Å²) in [6, 6.07) is 7.50. The van der Waals surface area contributed by atoms with E-state index in [1.807, 2.05) is 24.3 Å². The zero-order valence-corrected chi connectivity index (χ0v) is 12.6. The van der Waals surface area contributed by atoms with Gasteiger partial charge in [0.1, 0.15) is 12.4 Å². The lowest BCUT2D eigenvalue weighted by atomic mass is 10.2. The van der Waals surface area contributed by atoms with Crippen molar-refractivity contribution >= 4 is 31.9 Å². The van der Waals surface area contributed by atoms with Gasteiger partial charge in [0.25, 0.3) is 0 Å². The van der Waals surface area contributed by atoms with Gasteiger partial charge in [0, 0.05) is 18.0 Å². The number of rotatable bonds is 4. The second kappa shape index (κ2) is 6.31. The lowest BCUT2D eigenvalue weighted by molar-refractivity contribution is 0.280. The van der Waals surface area contributed by atoms with Crippen LogP contribution in [-0.2, 0) is 13.2 Å². The van der Waals surface area contributed by atoms with Gasteiger partial charge in [-0.25, -0.2) is 0 Å². The number of pyridine rings is 1. The molecule has 1 aromatic carbocycles. The summed E-state index contributed by atoms with van der Waals surface area (Å²) in [5.41, 5.74) is 1.82. The highest BCUT2D eigenvalue weighted by atomic mass is 79.9. The quantitative estimate of drug-likeness (QED) is 0.890. The molecule has 0 radical (unpaired) electrons. The number of nitrogens with zero attached hydrogens (tertiary/aromatic N) is 1. The van der Waals surface area contributed by atoms with Crippen molar-refractivity contribution in [3.63, 3.8) is 0 Å². The molecule has 0 amide bonds. The second-order valence-electron chi connectivity index (χ2n) is 3.70. The SMILES string of the molecule is OCc1cc(Br)c(OCc2cccnc2)c(Br)c1. The van der Waals surface area contributed by atoms with Crippen LogP contribution in [0.4, 0.5) is 0 Å². The molecule has 0 fully saturated rings. The second-order valence-corrected chi connectivity index (χ2v) is 5.41. The summed E-state index contributed by atoms with van der Waals surface area (Å²) < 4.78 is 7.36. The molecule has 0 atom stereocenters. The summed E-state index contributed by atoms with van der Waals surface area (Å²) in [7, 11) is 0. The number of halogens is 2. The number of aromatic nitrogens is 1. The van der Waals surface area contributed by atoms with E-state index >= 15 is 0 Å². The third-order valence-corrected chi connectivity index (χ3v) is 3.52. The number of ether oxygens (including phenoxy) is 1. The first-order valence-corrected chi connectivity index (χ1v) is 6.90. The van der Waals surface area contributed by atoms with Crippen LogP contribution in [0.15, 0.2) is 45.6 Å². The first-order valence-electron chi connectivity index (χ1n) is 5.31. The molecule has 0 bridgehead atoms. The standard InChI is InChI=1S/C13H11Br2NO2/c14-11-4-10(7-17)5-12(15)13(11)18-8-9-2-1-3-16-6-9/h1-6,17H,7-8H2. The molecule has 0 aliphatic carbocycles. The fourth-order valence-corrected chi connectivity index (χ4v) is 2.99. The van der Waals surface area contributed by atoms with Gasteiger partial charge in [0.05, 0.1) is 15.6 Å². The molecule has 0 saturated heterocycles. The van der Waals surface area contributed by atoms with Gasteiger partial charge in [0.15, 0.2) is 0 Å². The molecule has 3 nitrogen and oxygen atoms in total. The van der Waals surface area contributed by atoms with Gasteiger partial charge in [-0.15, -0.1) is 0 Å². The summed E-state index contributed by atoms with van der Waals surface area (Å²) >= 11 is 6.86. The molecule has 5 heteroatoms. The normalized spacial score (nSPS) is 10.4. The first kappa shape index (κ1) is 13.5. The van der Waals surface area contributed by atoms with Gasteiger partial charge in [-0.05, 0) is 55.6 Å². The molecule has 2 rings (SSSR count). The smallest absolute Gasteiger partial charge is 0.148 e. The van der Waals surface area contributed by atoms with Crippen molar-refractivity contribution in [1.29, 1.82) is 0 Å². The Bertz CT molecular complexity index is 509. The molecule has 0 saturated carbocycles. The minimum absolute atomic E-state index is 0.0000846. The van der Waals surface area contributed by atoms with E-state index in [0.29, 0.717) is 6.61 Å². The molecule has 2 aromatic rings. The van der Waals surface area contributed by atoms with Crippen molar-refractivity contribution in [3.8, 4) is 5.75 Å². The van der Waals surface area contributed by atoms with Crippen molar-refractivity contribution < 1.29 is 9.84 Å². The van der Waals surface area contributed by atoms with Crippen LogP contribution in [0.5, 0.6) is 5.75 Å². The third kappa shape index (κ3) is 3.31. The molecule has 1 N–H and O–H groups in total. The number of aliphatic hydroxyl groups excluding tert-OH is 1. The Morgan fingerprint density at radius 3 is 2.44 bits per heavy atom. The van der Waals surface area contributed by atoms with Crippen LogP contribution in [0.3, 0.4) is 0 Å². The summed E-state index contributed by atoms with van der Waals surface area (Å²) in [5.74, 6) is 0.719. The highest BCUT2D eigenvalue weighted by Gasteiger charge is 2.09. The fraction of sp³-hybridized carbons (Fsp3) is 0.154. The molecular formula is C13H11Br2NO2. The Kier molecular flexibility index (Phi) is 4.74. The summed E-state index contributed by atoms with van der Waals surface area (Å²) in [4.78, 5) is 4.03. The predicted molar refractivity (Wildman–Crippen MR) is 76.3 cm³/mol. The van der Waals surface area contributed by atoms with Crippen LogP contribution >= 0.6 is 31.9 Å². The Hall–Kier alpha value is -0.910. The van der Waals surface area contributed by atoms with E-state index in [0.717, 1.165) is 25.8 Å². The first-order chi connectivity index (χ1) is 8.70. The zero-order valence-electron chi connectivity index (χ0n) is 9.44. The Balaban J connectivity index is 2.15. The third-order valence-electron chi connectivity index (χ3n) is 2.35. The fourth-order valence-electron chi connectivity index (χ4n) is 1.48. The number of hydrogen-bond acceptors (Lipinski definition) is 3. The van der Waals surface area contributed by atoms with E-state index in [1.54, 1.807) is 12.4 Å². The van der Waals surface area contributed by atoms with Gasteiger partial charge in [0.2, 0.25) is 0 Å². The lowest BCUT2D eigenvalue weighted by Gasteiger charge is -2.11. The Morgan fingerprint density at radius 1 is 1.17 bits per heavy atom. The molecule has 0 aliphatic heterocycles. The molecular weight excluding hydrogens is 362 g/mol. The average molecular weight is 373 g/mol. The van der Waals surface area contributed by atoms with Crippen LogP contribution in [0.25, 0.3) is 0 Å². The number of benzene rings is 1. The van der Waals surface area contributed by atoms with E-state index in [2.05, 4.69) is 36.8 Å². The maximum absolute atomic E-state index is 9.09. The number of aliphatic hydroxyl groups is 1. The topological polar surface area (TPSA) is 42.4 Å². The molecule has 1 aromatic heterocycles. The van der Waals surface area contributed by atoms with Crippen molar-refractivity contribution in [2.45, 2.75) is 13.2 Å². The Morgan fingerprint density at radius 2 is 1.89 bits per heavy atom. The minimum Gasteiger partial charge on any atom is -0.486 e. The van der Waals surface area contributed by atoms with Crippen LogP contribution in [-0.4, -0.2) is 10.1 Å². The van der Waals surface area contributed by atoms with Crippen molar-refractivity contribution in [2.24, 2.45) is 0 Å². The van der Waals surface area contributed by atoms with E-state index < -0.39 is 0 Å². The number of hydrogen-bond donors (Lipinski definition) is 1. The van der Waals surface area contributed by atoms with Crippen LogP contribution in [0, 0.1) is 0 Å². The van der Waals surface area contributed by atoms with Crippen molar-refractivity contribution in [2.75, 3.05) is 0 Å². The molecule has 18 heavy (non-hydrogen) atoms. The zero-order chi connectivity index (χ0) is 13.0. The molecule has 94 valence electrons. The van der Waals surface area contributed by atoms with Crippen LogP contribution in [0.1, 0.15) is 11.1 Å². The lowest BCUT2D eigenvalue weighted by Crippen LogP contribution is -1.98. The molecule has 1 heterocycles. The minimum atomic E-state index is 0.0000846. The molecule has 0 unspecified atom stereocenters. The maximum Gasteiger partial charge on any atom is 0.148 e. The van der Waals surface area contributed by atoms with Gasteiger partial charge in [-0.2, -0.15) is 0 Å². The van der Waals surface area contributed by atoms with E-state index in [4.69, 9.17) is 9.84 Å². The summed E-state index contributed by atoms with van der Waals surface area (Å²) in [6.45, 7) is 0.448. The summed E-state index contributed by atoms with van der Waals surface area (Å²) in [6.07, 6.45) is 3.50. The summed E-state index contributed by atoms with van der Waals surface area (Å²) in [5, 5.41) is 9.09. The van der Waals surface area contributed by atoms with E-state index in [1.165, 1.54) is 0 Å². The van der Waals surface area contributed by atoms with Crippen molar-refractivity contribution in [1.82, 2.24) is 4.98 Å². The van der Waals surface area contributed by atoms with E-state index in [9.17, 15) is 0 Å². The van der Waals surface area contributed by atoms with Gasteiger partial charge in [-0.3, -0.25) is 4.98 Å². The maximum atomic E-state index is 9.09. The van der Waals surface area contributed by atoms with E-state index in [-0.39, 0.29) is 6.61 Å². The highest BCUT2D eigenvalue weighted by molar-refractivity contribution is 9.11. The predicted octanol–water partition coefficient (Wildman–Crippen LogP) is 3.68. The highest BCUT2D eigenvalue weighted by Crippen LogP contribution is 2.35. The molecule has 0 spiro atoms. The largest absolute Gasteiger partial charge is 0.486 e. The Labute approximate surface area is 122 Å². The monoisotopic (exact) mass is 371 g/mol. The van der Waals surface area contributed by atoms with Gasteiger partial charge >= 0.3 is 0 Å². The van der Waals surface area contributed by atoms with Crippen LogP contribution in [0.2, 0.25) is 0 Å². The molecule has 0 aliphatic rings. The van der Waals surface area contributed by atoms with Gasteiger partial charge < -0.3 is 9.84 Å². The van der Waals surface area contributed by atoms with Crippen molar-refractivity contribution in [3.05, 3.63) is 56.7 Å².